The molecule has 1 N–H and O–H groups in total. The first kappa shape index (κ1) is 23.7. The molecular formula is C23H29N3O5S. The number of amides is 2. The fourth-order valence-corrected chi connectivity index (χ4v) is 5.33. The lowest BCUT2D eigenvalue weighted by atomic mass is 10.0. The molecule has 32 heavy (non-hydrogen) atoms. The molecule has 2 aromatic carbocycles. The van der Waals surface area contributed by atoms with Crippen molar-refractivity contribution in [1.29, 1.82) is 0 Å². The van der Waals surface area contributed by atoms with Crippen molar-refractivity contribution in [2.45, 2.75) is 26.3 Å². The third-order valence-electron chi connectivity index (χ3n) is 5.63. The van der Waals surface area contributed by atoms with Crippen LogP contribution in [0.1, 0.15) is 42.2 Å². The van der Waals surface area contributed by atoms with Gasteiger partial charge in [0.1, 0.15) is 5.75 Å². The van der Waals surface area contributed by atoms with Crippen LogP contribution in [-0.4, -0.2) is 57.6 Å². The molecule has 0 aliphatic carbocycles. The number of carbonyl (C=O) groups is 2. The topological polar surface area (TPSA) is 96.0 Å². The van der Waals surface area contributed by atoms with Crippen molar-refractivity contribution >= 4 is 27.5 Å². The molecule has 0 aromatic heterocycles. The Hall–Kier alpha value is -2.91. The number of ether oxygens (including phenoxy) is 1. The third kappa shape index (κ3) is 5.11. The zero-order chi connectivity index (χ0) is 23.3. The number of methoxy groups -OCH3 is 1. The Morgan fingerprint density at radius 1 is 1.16 bits per heavy atom. The third-order valence-corrected chi connectivity index (χ3v) is 7.32. The van der Waals surface area contributed by atoms with Crippen LogP contribution in [0.4, 0.5) is 5.69 Å². The molecule has 8 nitrogen and oxygen atoms in total. The molecule has 2 aromatic rings. The molecule has 1 atom stereocenters. The SMILES string of the molecule is CCN(CC)[C@@H](CNC(=O)c1cccc(N2C(=O)CCS2(=O)=O)c1)c1ccc(OC)cc1. The molecular weight excluding hydrogens is 430 g/mol. The van der Waals surface area contributed by atoms with Crippen LogP contribution in [-0.2, 0) is 14.8 Å². The van der Waals surface area contributed by atoms with Crippen molar-refractivity contribution in [2.75, 3.05) is 36.8 Å². The van der Waals surface area contributed by atoms with E-state index in [1.165, 1.54) is 12.1 Å². The van der Waals surface area contributed by atoms with Crippen molar-refractivity contribution in [1.82, 2.24) is 10.2 Å². The van der Waals surface area contributed by atoms with Crippen LogP contribution >= 0.6 is 0 Å². The second-order valence-corrected chi connectivity index (χ2v) is 9.43. The van der Waals surface area contributed by atoms with Crippen LogP contribution in [0, 0.1) is 0 Å². The first-order chi connectivity index (χ1) is 15.3. The highest BCUT2D eigenvalue weighted by Crippen LogP contribution is 2.26. The minimum Gasteiger partial charge on any atom is -0.497 e. The standard InChI is InChI=1S/C23H29N3O5S/c1-4-25(5-2)21(17-9-11-20(31-3)12-10-17)16-24-23(28)18-7-6-8-19(15-18)26-22(27)13-14-32(26,29)30/h6-12,15,21H,4-5,13-14,16H2,1-3H3,(H,24,28)/t21-/m0/s1. The molecule has 1 saturated heterocycles. The molecule has 3 rings (SSSR count). The Morgan fingerprint density at radius 3 is 2.41 bits per heavy atom. The number of carbonyl (C=O) groups excluding carboxylic acids is 2. The van der Waals surface area contributed by atoms with E-state index in [2.05, 4.69) is 24.1 Å². The fourth-order valence-electron chi connectivity index (χ4n) is 3.88. The van der Waals surface area contributed by atoms with E-state index in [-0.39, 0.29) is 29.8 Å². The number of rotatable bonds is 9. The van der Waals surface area contributed by atoms with E-state index in [0.717, 1.165) is 28.7 Å². The molecule has 1 aliphatic heterocycles. The average molecular weight is 460 g/mol. The van der Waals surface area contributed by atoms with Gasteiger partial charge in [0.25, 0.3) is 5.91 Å². The van der Waals surface area contributed by atoms with Crippen LogP contribution in [0.3, 0.4) is 0 Å². The molecule has 2 amide bonds. The Labute approximate surface area is 189 Å². The fraction of sp³-hybridized carbons (Fsp3) is 0.391. The molecule has 0 unspecified atom stereocenters. The molecule has 0 bridgehead atoms. The summed E-state index contributed by atoms with van der Waals surface area (Å²) >= 11 is 0. The molecule has 172 valence electrons. The summed E-state index contributed by atoms with van der Waals surface area (Å²) in [4.78, 5) is 27.2. The maximum Gasteiger partial charge on any atom is 0.251 e. The van der Waals surface area contributed by atoms with Gasteiger partial charge >= 0.3 is 0 Å². The Kier molecular flexibility index (Phi) is 7.52. The number of nitrogens with one attached hydrogen (secondary N) is 1. The lowest BCUT2D eigenvalue weighted by molar-refractivity contribution is -0.116. The second-order valence-electron chi connectivity index (χ2n) is 7.49. The summed E-state index contributed by atoms with van der Waals surface area (Å²) in [6, 6.07) is 13.9. The van der Waals surface area contributed by atoms with Gasteiger partial charge in [0, 0.05) is 18.5 Å². The summed E-state index contributed by atoms with van der Waals surface area (Å²) in [6.07, 6.45) is -0.0494. The van der Waals surface area contributed by atoms with Crippen molar-refractivity contribution < 1.29 is 22.7 Å². The average Bonchev–Trinajstić information content (AvgIpc) is 3.08. The minimum atomic E-state index is -3.68. The van der Waals surface area contributed by atoms with Crippen LogP contribution in [0.2, 0.25) is 0 Å². The second kappa shape index (κ2) is 10.1. The first-order valence-electron chi connectivity index (χ1n) is 10.6. The van der Waals surface area contributed by atoms with E-state index in [1.807, 2.05) is 24.3 Å². The van der Waals surface area contributed by atoms with Crippen LogP contribution in [0.25, 0.3) is 0 Å². The van der Waals surface area contributed by atoms with Gasteiger partial charge in [0.2, 0.25) is 15.9 Å². The van der Waals surface area contributed by atoms with E-state index < -0.39 is 15.9 Å². The molecule has 9 heteroatoms. The zero-order valence-electron chi connectivity index (χ0n) is 18.6. The molecule has 1 aliphatic rings. The van der Waals surface area contributed by atoms with Crippen molar-refractivity contribution in [3.8, 4) is 5.75 Å². The van der Waals surface area contributed by atoms with Gasteiger partial charge < -0.3 is 10.1 Å². The highest BCUT2D eigenvalue weighted by Gasteiger charge is 2.36. The summed E-state index contributed by atoms with van der Waals surface area (Å²) < 4.78 is 30.4. The van der Waals surface area contributed by atoms with Crippen molar-refractivity contribution in [3.05, 3.63) is 59.7 Å². The number of benzene rings is 2. The van der Waals surface area contributed by atoms with E-state index in [1.54, 1.807) is 19.2 Å². The van der Waals surface area contributed by atoms with Crippen molar-refractivity contribution in [2.24, 2.45) is 0 Å². The van der Waals surface area contributed by atoms with E-state index in [4.69, 9.17) is 4.74 Å². The zero-order valence-corrected chi connectivity index (χ0v) is 19.4. The van der Waals surface area contributed by atoms with E-state index in [0.29, 0.717) is 12.1 Å². The molecule has 0 spiro atoms. The maximum absolute atomic E-state index is 12.9. The van der Waals surface area contributed by atoms with Gasteiger partial charge in [-0.2, -0.15) is 0 Å². The summed E-state index contributed by atoms with van der Waals surface area (Å²) in [5.74, 6) is -0.264. The Morgan fingerprint density at radius 2 is 1.84 bits per heavy atom. The monoisotopic (exact) mass is 459 g/mol. The smallest absolute Gasteiger partial charge is 0.251 e. The lowest BCUT2D eigenvalue weighted by Crippen LogP contribution is -2.38. The molecule has 1 fully saturated rings. The molecule has 0 saturated carbocycles. The molecule has 0 radical (unpaired) electrons. The largest absolute Gasteiger partial charge is 0.497 e. The normalized spacial score (nSPS) is 16.2. The summed E-state index contributed by atoms with van der Waals surface area (Å²) in [5, 5.41) is 2.96. The number of hydrogen-bond donors (Lipinski definition) is 1. The molecule has 1 heterocycles. The quantitative estimate of drug-likeness (QED) is 0.619. The van der Waals surface area contributed by atoms with Crippen LogP contribution in [0.5, 0.6) is 5.75 Å². The number of nitrogens with zero attached hydrogens (tertiary/aromatic N) is 2. The van der Waals surface area contributed by atoms with E-state index in [9.17, 15) is 18.0 Å². The number of likely N-dealkylation sites (N-methyl/N-ethyl adjacent to an activating group) is 1. The van der Waals surface area contributed by atoms with E-state index >= 15 is 0 Å². The van der Waals surface area contributed by atoms with Crippen LogP contribution < -0.4 is 14.4 Å². The maximum atomic E-state index is 12.9. The summed E-state index contributed by atoms with van der Waals surface area (Å²) in [6.45, 7) is 6.14. The Balaban J connectivity index is 1.78. The predicted molar refractivity (Wildman–Crippen MR) is 123 cm³/mol. The van der Waals surface area contributed by atoms with Gasteiger partial charge in [-0.3, -0.25) is 14.5 Å². The summed E-state index contributed by atoms with van der Waals surface area (Å²) in [7, 11) is -2.06. The minimum absolute atomic E-state index is 0.0384. The van der Waals surface area contributed by atoms with Gasteiger partial charge in [-0.15, -0.1) is 0 Å². The van der Waals surface area contributed by atoms with Crippen LogP contribution in [0.15, 0.2) is 48.5 Å². The van der Waals surface area contributed by atoms with Gasteiger partial charge in [-0.1, -0.05) is 32.0 Å². The van der Waals surface area contributed by atoms with Crippen molar-refractivity contribution in [3.63, 3.8) is 0 Å². The highest BCUT2D eigenvalue weighted by molar-refractivity contribution is 7.94. The predicted octanol–water partition coefficient (Wildman–Crippen LogP) is 2.57. The highest BCUT2D eigenvalue weighted by atomic mass is 32.2. The van der Waals surface area contributed by atoms with Gasteiger partial charge in [-0.25, -0.2) is 12.7 Å². The number of hydrogen-bond acceptors (Lipinski definition) is 6. The van der Waals surface area contributed by atoms with Gasteiger partial charge in [-0.05, 0) is 49.0 Å². The summed E-state index contributed by atoms with van der Waals surface area (Å²) in [5.41, 5.74) is 1.54. The Bertz CT molecular complexity index is 1070. The van der Waals surface area contributed by atoms with Gasteiger partial charge in [0.05, 0.1) is 24.6 Å². The lowest BCUT2D eigenvalue weighted by Gasteiger charge is -2.30. The first-order valence-corrected chi connectivity index (χ1v) is 12.2. The number of anilines is 1. The number of sulfonamides is 1. The van der Waals surface area contributed by atoms with Gasteiger partial charge in [0.15, 0.2) is 0 Å².